The summed E-state index contributed by atoms with van der Waals surface area (Å²) in [5.74, 6) is -0.199. The van der Waals surface area contributed by atoms with Gasteiger partial charge in [-0.3, -0.25) is 14.4 Å². The van der Waals surface area contributed by atoms with Gasteiger partial charge in [-0.15, -0.1) is 0 Å². The van der Waals surface area contributed by atoms with E-state index in [1.54, 1.807) is 18.2 Å². The van der Waals surface area contributed by atoms with Crippen molar-refractivity contribution < 1.29 is 14.4 Å². The summed E-state index contributed by atoms with van der Waals surface area (Å²) in [5, 5.41) is 0. The molecule has 1 fully saturated rings. The summed E-state index contributed by atoms with van der Waals surface area (Å²) in [4.78, 5) is 27.6. The summed E-state index contributed by atoms with van der Waals surface area (Å²) in [6.07, 6.45) is 0.119. The van der Waals surface area contributed by atoms with Crippen LogP contribution in [0.25, 0.3) is 0 Å². The van der Waals surface area contributed by atoms with Gasteiger partial charge in [0, 0.05) is 16.5 Å². The van der Waals surface area contributed by atoms with Crippen LogP contribution in [0.2, 0.25) is 0 Å². The zero-order valence-electron chi connectivity index (χ0n) is 8.40. The molecule has 16 heavy (non-hydrogen) atoms. The summed E-state index contributed by atoms with van der Waals surface area (Å²) >= 11 is 3.30. The van der Waals surface area contributed by atoms with Crippen molar-refractivity contribution in [2.45, 2.75) is 18.9 Å². The number of carbonyl (C=O) groups is 2. The summed E-state index contributed by atoms with van der Waals surface area (Å²) in [6, 6.07) is 7.16. The Morgan fingerprint density at radius 3 is 3.00 bits per heavy atom. The molecule has 1 aliphatic heterocycles. The third-order valence-electron chi connectivity index (χ3n) is 2.31. The second kappa shape index (κ2) is 4.76. The molecule has 0 bridgehead atoms. The first kappa shape index (κ1) is 11.3. The SMILES string of the molecule is O=C1CC(CC(=O)c2cccc(Br)c2)ON1. The Labute approximate surface area is 101 Å². The number of amides is 1. The first-order valence-electron chi connectivity index (χ1n) is 4.88. The molecule has 1 heterocycles. The molecule has 0 radical (unpaired) electrons. The van der Waals surface area contributed by atoms with Gasteiger partial charge in [-0.1, -0.05) is 28.1 Å². The van der Waals surface area contributed by atoms with Gasteiger partial charge in [-0.2, -0.15) is 0 Å². The van der Waals surface area contributed by atoms with E-state index in [1.165, 1.54) is 0 Å². The van der Waals surface area contributed by atoms with Crippen LogP contribution in [0, 0.1) is 0 Å². The van der Waals surface area contributed by atoms with Crippen molar-refractivity contribution in [3.63, 3.8) is 0 Å². The van der Waals surface area contributed by atoms with Crippen molar-refractivity contribution in [2.75, 3.05) is 0 Å². The molecule has 4 nitrogen and oxygen atoms in total. The molecule has 1 N–H and O–H groups in total. The van der Waals surface area contributed by atoms with E-state index in [1.807, 2.05) is 6.07 Å². The summed E-state index contributed by atoms with van der Waals surface area (Å²) < 4.78 is 0.861. The van der Waals surface area contributed by atoms with Crippen molar-refractivity contribution in [1.82, 2.24) is 5.48 Å². The highest BCUT2D eigenvalue weighted by Crippen LogP contribution is 2.16. The lowest BCUT2D eigenvalue weighted by Gasteiger charge is -2.05. The molecule has 1 aliphatic rings. The first-order valence-corrected chi connectivity index (χ1v) is 5.68. The highest BCUT2D eigenvalue weighted by molar-refractivity contribution is 9.10. The third-order valence-corrected chi connectivity index (χ3v) is 2.81. The van der Waals surface area contributed by atoms with Crippen LogP contribution in [0.5, 0.6) is 0 Å². The molecule has 1 unspecified atom stereocenters. The molecule has 1 aromatic rings. The number of nitrogens with one attached hydrogen (secondary N) is 1. The van der Waals surface area contributed by atoms with E-state index in [2.05, 4.69) is 21.4 Å². The Balaban J connectivity index is 2.00. The number of hydroxylamine groups is 1. The van der Waals surface area contributed by atoms with Crippen LogP contribution in [0.15, 0.2) is 28.7 Å². The van der Waals surface area contributed by atoms with Gasteiger partial charge >= 0.3 is 0 Å². The Kier molecular flexibility index (Phi) is 3.36. The predicted octanol–water partition coefficient (Wildman–Crippen LogP) is 1.84. The van der Waals surface area contributed by atoms with Gasteiger partial charge in [-0.25, -0.2) is 5.48 Å². The van der Waals surface area contributed by atoms with Gasteiger partial charge in [-0.05, 0) is 12.1 Å². The van der Waals surface area contributed by atoms with E-state index in [9.17, 15) is 9.59 Å². The molecule has 1 amide bonds. The Hall–Kier alpha value is -1.20. The topological polar surface area (TPSA) is 55.4 Å². The highest BCUT2D eigenvalue weighted by atomic mass is 79.9. The normalized spacial score (nSPS) is 19.6. The van der Waals surface area contributed by atoms with Crippen LogP contribution in [-0.2, 0) is 9.63 Å². The molecule has 1 aromatic carbocycles. The zero-order valence-corrected chi connectivity index (χ0v) is 9.99. The van der Waals surface area contributed by atoms with Crippen molar-refractivity contribution in [3.05, 3.63) is 34.3 Å². The van der Waals surface area contributed by atoms with E-state index < -0.39 is 0 Å². The Morgan fingerprint density at radius 1 is 1.56 bits per heavy atom. The van der Waals surface area contributed by atoms with Crippen LogP contribution in [0.3, 0.4) is 0 Å². The number of carbonyl (C=O) groups excluding carboxylic acids is 2. The van der Waals surface area contributed by atoms with E-state index >= 15 is 0 Å². The third kappa shape index (κ3) is 2.68. The number of benzene rings is 1. The van der Waals surface area contributed by atoms with Crippen LogP contribution >= 0.6 is 15.9 Å². The van der Waals surface area contributed by atoms with Gasteiger partial charge in [0.2, 0.25) is 5.91 Å². The maximum Gasteiger partial charge on any atom is 0.246 e. The molecule has 84 valence electrons. The molecule has 0 aromatic heterocycles. The van der Waals surface area contributed by atoms with Crippen molar-refractivity contribution in [1.29, 1.82) is 0 Å². The lowest BCUT2D eigenvalue weighted by molar-refractivity contribution is -0.124. The average molecular weight is 284 g/mol. The summed E-state index contributed by atoms with van der Waals surface area (Å²) in [6.45, 7) is 0. The van der Waals surface area contributed by atoms with Gasteiger partial charge < -0.3 is 0 Å². The molecular formula is C11H10BrNO3. The Morgan fingerprint density at radius 2 is 2.38 bits per heavy atom. The summed E-state index contributed by atoms with van der Waals surface area (Å²) in [7, 11) is 0. The average Bonchev–Trinajstić information content (AvgIpc) is 2.64. The number of hydrogen-bond acceptors (Lipinski definition) is 3. The van der Waals surface area contributed by atoms with E-state index in [-0.39, 0.29) is 30.6 Å². The molecule has 0 spiro atoms. The molecule has 1 saturated heterocycles. The number of ketones is 1. The molecule has 0 aliphatic carbocycles. The molecular weight excluding hydrogens is 274 g/mol. The fourth-order valence-corrected chi connectivity index (χ4v) is 1.94. The largest absolute Gasteiger partial charge is 0.294 e. The minimum absolute atomic E-state index is 0.0252. The predicted molar refractivity (Wildman–Crippen MR) is 60.7 cm³/mol. The molecule has 5 heteroatoms. The van der Waals surface area contributed by atoms with E-state index in [0.29, 0.717) is 5.56 Å². The maximum absolute atomic E-state index is 11.8. The Bertz CT molecular complexity index is 433. The van der Waals surface area contributed by atoms with Crippen LogP contribution in [-0.4, -0.2) is 17.8 Å². The zero-order chi connectivity index (χ0) is 11.5. The molecule has 0 saturated carbocycles. The van der Waals surface area contributed by atoms with Gasteiger partial charge in [0.05, 0.1) is 6.42 Å². The second-order valence-corrected chi connectivity index (χ2v) is 4.52. The van der Waals surface area contributed by atoms with Crippen LogP contribution in [0.1, 0.15) is 23.2 Å². The minimum Gasteiger partial charge on any atom is -0.294 e. The van der Waals surface area contributed by atoms with E-state index in [4.69, 9.17) is 4.84 Å². The number of Topliss-reactive ketones (excluding diaryl/α,β-unsaturated/α-hetero) is 1. The minimum atomic E-state index is -0.348. The lowest BCUT2D eigenvalue weighted by atomic mass is 10.0. The van der Waals surface area contributed by atoms with Crippen LogP contribution in [0.4, 0.5) is 0 Å². The second-order valence-electron chi connectivity index (χ2n) is 3.61. The fourth-order valence-electron chi connectivity index (χ4n) is 1.54. The van der Waals surface area contributed by atoms with Crippen LogP contribution < -0.4 is 5.48 Å². The van der Waals surface area contributed by atoms with Gasteiger partial charge in [0.15, 0.2) is 5.78 Å². The van der Waals surface area contributed by atoms with Crippen molar-refractivity contribution in [2.24, 2.45) is 0 Å². The van der Waals surface area contributed by atoms with E-state index in [0.717, 1.165) is 4.47 Å². The van der Waals surface area contributed by atoms with Crippen molar-refractivity contribution in [3.8, 4) is 0 Å². The highest BCUT2D eigenvalue weighted by Gasteiger charge is 2.25. The monoisotopic (exact) mass is 283 g/mol. The molecule has 1 atom stereocenters. The first-order chi connectivity index (χ1) is 7.65. The number of halogens is 1. The number of rotatable bonds is 3. The lowest BCUT2D eigenvalue weighted by Crippen LogP contribution is -2.15. The van der Waals surface area contributed by atoms with Gasteiger partial charge in [0.25, 0.3) is 0 Å². The quantitative estimate of drug-likeness (QED) is 0.862. The van der Waals surface area contributed by atoms with Gasteiger partial charge in [0.1, 0.15) is 6.10 Å². The fraction of sp³-hybridized carbons (Fsp3) is 0.273. The smallest absolute Gasteiger partial charge is 0.246 e. The standard InChI is InChI=1S/C11H10BrNO3/c12-8-3-1-2-7(4-8)10(14)5-9-6-11(15)13-16-9/h1-4,9H,5-6H2,(H,13,15). The summed E-state index contributed by atoms with van der Waals surface area (Å²) in [5.41, 5.74) is 2.86. The maximum atomic E-state index is 11.8. The molecule has 2 rings (SSSR count). The number of hydrogen-bond donors (Lipinski definition) is 1. The van der Waals surface area contributed by atoms with Crippen molar-refractivity contribution >= 4 is 27.6 Å².